The van der Waals surface area contributed by atoms with E-state index in [4.69, 9.17) is 4.52 Å². The predicted molar refractivity (Wildman–Crippen MR) is 70.2 cm³/mol. The van der Waals surface area contributed by atoms with E-state index in [0.717, 1.165) is 6.07 Å². The minimum atomic E-state index is -4.15. The summed E-state index contributed by atoms with van der Waals surface area (Å²) in [5.74, 6) is -1.02. The molecule has 0 amide bonds. The van der Waals surface area contributed by atoms with E-state index in [-0.39, 0.29) is 11.3 Å². The van der Waals surface area contributed by atoms with Gasteiger partial charge in [0, 0.05) is 17.7 Å². The van der Waals surface area contributed by atoms with Crippen molar-refractivity contribution in [3.63, 3.8) is 0 Å². The quantitative estimate of drug-likeness (QED) is 0.940. The van der Waals surface area contributed by atoms with E-state index in [9.17, 15) is 12.8 Å². The molecule has 0 atom stereocenters. The van der Waals surface area contributed by atoms with Crippen LogP contribution in [0.15, 0.2) is 33.9 Å². The van der Waals surface area contributed by atoms with Crippen molar-refractivity contribution in [1.29, 1.82) is 0 Å². The molecular formula is C12H14FN3O3S. The summed E-state index contributed by atoms with van der Waals surface area (Å²) in [6.45, 7) is 5.71. The average molecular weight is 299 g/mol. The Bertz CT molecular complexity index is 720. The van der Waals surface area contributed by atoms with Crippen LogP contribution < -0.4 is 4.72 Å². The van der Waals surface area contributed by atoms with Crippen molar-refractivity contribution in [2.24, 2.45) is 0 Å². The van der Waals surface area contributed by atoms with Gasteiger partial charge in [-0.05, 0) is 12.1 Å². The first-order chi connectivity index (χ1) is 9.20. The second-order valence-corrected chi connectivity index (χ2v) is 6.82. The zero-order valence-corrected chi connectivity index (χ0v) is 12.0. The molecule has 6 nitrogen and oxygen atoms in total. The highest BCUT2D eigenvalue weighted by atomic mass is 32.2. The molecule has 0 aliphatic rings. The standard InChI is InChI=1S/C12H14FN3O3S/c1-12(2,3)9-7-10(19-15-9)16-20(17,18)11-8(13)5-4-6-14-11/h4-7,16H,1-3H3. The lowest BCUT2D eigenvalue weighted by molar-refractivity contribution is 0.405. The van der Waals surface area contributed by atoms with Crippen LogP contribution in [0.3, 0.4) is 0 Å². The molecule has 8 heteroatoms. The topological polar surface area (TPSA) is 85.1 Å². The molecule has 1 N–H and O–H groups in total. The fraction of sp³-hybridized carbons (Fsp3) is 0.333. The molecule has 2 aromatic heterocycles. The molecule has 0 spiro atoms. The average Bonchev–Trinajstić information content (AvgIpc) is 2.76. The molecule has 2 heterocycles. The van der Waals surface area contributed by atoms with E-state index in [1.54, 1.807) is 0 Å². The Morgan fingerprint density at radius 3 is 2.60 bits per heavy atom. The summed E-state index contributed by atoms with van der Waals surface area (Å²) in [6, 6.07) is 3.78. The Morgan fingerprint density at radius 2 is 2.05 bits per heavy atom. The van der Waals surface area contributed by atoms with Gasteiger partial charge in [-0.15, -0.1) is 0 Å². The number of nitrogens with one attached hydrogen (secondary N) is 1. The van der Waals surface area contributed by atoms with Gasteiger partial charge in [0.1, 0.15) is 0 Å². The van der Waals surface area contributed by atoms with Crippen LogP contribution in [0.1, 0.15) is 26.5 Å². The molecular weight excluding hydrogens is 285 g/mol. The molecule has 108 valence electrons. The molecule has 0 aliphatic heterocycles. The lowest BCUT2D eigenvalue weighted by Crippen LogP contribution is -2.16. The third-order valence-corrected chi connectivity index (χ3v) is 3.77. The van der Waals surface area contributed by atoms with Crippen LogP contribution in [0, 0.1) is 5.82 Å². The van der Waals surface area contributed by atoms with Crippen LogP contribution in [0.5, 0.6) is 0 Å². The summed E-state index contributed by atoms with van der Waals surface area (Å²) in [6.07, 6.45) is 1.19. The first-order valence-electron chi connectivity index (χ1n) is 5.81. The summed E-state index contributed by atoms with van der Waals surface area (Å²) < 4.78 is 44.4. The molecule has 2 aromatic rings. The van der Waals surface area contributed by atoms with Crippen molar-refractivity contribution >= 4 is 15.9 Å². The second-order valence-electron chi connectivity index (χ2n) is 5.22. The number of pyridine rings is 1. The molecule has 20 heavy (non-hydrogen) atoms. The zero-order valence-electron chi connectivity index (χ0n) is 11.2. The maximum absolute atomic E-state index is 13.5. The fourth-order valence-corrected chi connectivity index (χ4v) is 2.41. The van der Waals surface area contributed by atoms with Crippen LogP contribution in [0.25, 0.3) is 0 Å². The number of rotatable bonds is 3. The first kappa shape index (κ1) is 14.4. The maximum Gasteiger partial charge on any atom is 0.284 e. The van der Waals surface area contributed by atoms with Gasteiger partial charge in [0.2, 0.25) is 10.9 Å². The van der Waals surface area contributed by atoms with Crippen molar-refractivity contribution in [3.8, 4) is 0 Å². The fourth-order valence-electron chi connectivity index (χ4n) is 1.43. The van der Waals surface area contributed by atoms with Crippen LogP contribution in [0.2, 0.25) is 0 Å². The van der Waals surface area contributed by atoms with Crippen molar-refractivity contribution in [3.05, 3.63) is 35.9 Å². The summed E-state index contributed by atoms with van der Waals surface area (Å²) in [7, 11) is -4.15. The van der Waals surface area contributed by atoms with Crippen LogP contribution in [-0.4, -0.2) is 18.6 Å². The molecule has 0 unspecified atom stereocenters. The van der Waals surface area contributed by atoms with Gasteiger partial charge in [0.05, 0.1) is 5.69 Å². The Kier molecular flexibility index (Phi) is 3.51. The van der Waals surface area contributed by atoms with Crippen molar-refractivity contribution in [2.75, 3.05) is 4.72 Å². The molecule has 0 radical (unpaired) electrons. The SMILES string of the molecule is CC(C)(C)c1cc(NS(=O)(=O)c2ncccc2F)on1. The van der Waals surface area contributed by atoms with E-state index in [1.165, 1.54) is 18.3 Å². The van der Waals surface area contributed by atoms with Gasteiger partial charge in [-0.3, -0.25) is 0 Å². The molecule has 0 saturated heterocycles. The predicted octanol–water partition coefficient (Wildman–Crippen LogP) is 2.31. The number of hydrogen-bond donors (Lipinski definition) is 1. The zero-order chi connectivity index (χ0) is 15.0. The molecule has 0 saturated carbocycles. The molecule has 0 aromatic carbocycles. The van der Waals surface area contributed by atoms with E-state index in [0.29, 0.717) is 5.69 Å². The Hall–Kier alpha value is -1.96. The molecule has 0 bridgehead atoms. The number of sulfonamides is 1. The lowest BCUT2D eigenvalue weighted by Gasteiger charge is -2.12. The van der Waals surface area contributed by atoms with Gasteiger partial charge in [-0.1, -0.05) is 25.9 Å². The number of halogens is 1. The summed E-state index contributed by atoms with van der Waals surface area (Å²) in [4.78, 5) is 3.51. The van der Waals surface area contributed by atoms with Crippen molar-refractivity contribution < 1.29 is 17.3 Å². The van der Waals surface area contributed by atoms with Gasteiger partial charge >= 0.3 is 0 Å². The Balaban J connectivity index is 2.30. The van der Waals surface area contributed by atoms with E-state index in [2.05, 4.69) is 14.9 Å². The van der Waals surface area contributed by atoms with E-state index >= 15 is 0 Å². The highest BCUT2D eigenvalue weighted by molar-refractivity contribution is 7.92. The number of aromatic nitrogens is 2. The second kappa shape index (κ2) is 4.86. The Labute approximate surface area is 116 Å². The minimum absolute atomic E-state index is 0.0834. The number of anilines is 1. The smallest absolute Gasteiger partial charge is 0.284 e. The monoisotopic (exact) mass is 299 g/mol. The Morgan fingerprint density at radius 1 is 1.35 bits per heavy atom. The van der Waals surface area contributed by atoms with Crippen molar-refractivity contribution in [2.45, 2.75) is 31.2 Å². The highest BCUT2D eigenvalue weighted by Gasteiger charge is 2.24. The third-order valence-electron chi connectivity index (χ3n) is 2.49. The number of nitrogens with zero attached hydrogens (tertiary/aromatic N) is 2. The summed E-state index contributed by atoms with van der Waals surface area (Å²) in [5, 5.41) is 3.09. The maximum atomic E-state index is 13.5. The van der Waals surface area contributed by atoms with Crippen molar-refractivity contribution in [1.82, 2.24) is 10.1 Å². The minimum Gasteiger partial charge on any atom is -0.338 e. The van der Waals surface area contributed by atoms with E-state index in [1.807, 2.05) is 20.8 Å². The lowest BCUT2D eigenvalue weighted by atomic mass is 9.92. The first-order valence-corrected chi connectivity index (χ1v) is 7.29. The van der Waals surface area contributed by atoms with Crippen LogP contribution in [0.4, 0.5) is 10.3 Å². The summed E-state index contributed by atoms with van der Waals surface area (Å²) in [5.41, 5.74) is 0.292. The van der Waals surface area contributed by atoms with Crippen LogP contribution >= 0.6 is 0 Å². The highest BCUT2D eigenvalue weighted by Crippen LogP contribution is 2.25. The molecule has 0 aliphatic carbocycles. The van der Waals surface area contributed by atoms with Gasteiger partial charge in [-0.2, -0.15) is 8.42 Å². The molecule has 0 fully saturated rings. The number of hydrogen-bond acceptors (Lipinski definition) is 5. The van der Waals surface area contributed by atoms with Gasteiger partial charge in [0.25, 0.3) is 10.0 Å². The third kappa shape index (κ3) is 2.96. The van der Waals surface area contributed by atoms with Crippen LogP contribution in [-0.2, 0) is 15.4 Å². The largest absolute Gasteiger partial charge is 0.338 e. The normalized spacial score (nSPS) is 12.4. The summed E-state index contributed by atoms with van der Waals surface area (Å²) >= 11 is 0. The van der Waals surface area contributed by atoms with Gasteiger partial charge in [0.15, 0.2) is 5.82 Å². The van der Waals surface area contributed by atoms with Gasteiger partial charge in [-0.25, -0.2) is 14.1 Å². The molecule has 2 rings (SSSR count). The van der Waals surface area contributed by atoms with E-state index < -0.39 is 20.9 Å². The van der Waals surface area contributed by atoms with Gasteiger partial charge < -0.3 is 4.52 Å².